The Morgan fingerprint density at radius 1 is 1.60 bits per heavy atom. The highest BCUT2D eigenvalue weighted by molar-refractivity contribution is 14.1. The van der Waals surface area contributed by atoms with Gasteiger partial charge in [0.2, 0.25) is 0 Å². The van der Waals surface area contributed by atoms with E-state index in [0.29, 0.717) is 0 Å². The lowest BCUT2D eigenvalue weighted by Crippen LogP contribution is -2.46. The van der Waals surface area contributed by atoms with Gasteiger partial charge in [0.25, 0.3) is 0 Å². The Kier molecular flexibility index (Phi) is 2.76. The average Bonchev–Trinajstić information content (AvgIpc) is 1.95. The predicted molar refractivity (Wildman–Crippen MR) is 48.2 cm³/mol. The number of amides is 2. The average molecular weight is 254 g/mol. The van der Waals surface area contributed by atoms with E-state index in [1.807, 2.05) is 11.9 Å². The zero-order valence-corrected chi connectivity index (χ0v) is 8.17. The van der Waals surface area contributed by atoms with Crippen LogP contribution in [-0.4, -0.2) is 40.5 Å². The molecule has 0 aromatic heterocycles. The summed E-state index contributed by atoms with van der Waals surface area (Å²) in [6.45, 7) is 1.83. The van der Waals surface area contributed by atoms with Gasteiger partial charge in [-0.25, -0.2) is 4.79 Å². The van der Waals surface area contributed by atoms with Gasteiger partial charge in [0.15, 0.2) is 0 Å². The molecule has 1 aliphatic rings. The maximum atomic E-state index is 11.2. The molecule has 1 aliphatic heterocycles. The van der Waals surface area contributed by atoms with Crippen molar-refractivity contribution < 1.29 is 4.79 Å². The first-order chi connectivity index (χ1) is 4.75. The fourth-order valence-corrected chi connectivity index (χ4v) is 1.68. The van der Waals surface area contributed by atoms with Gasteiger partial charge in [0, 0.05) is 20.1 Å². The second kappa shape index (κ2) is 3.41. The first-order valence-corrected chi connectivity index (χ1v) is 4.84. The third-order valence-electron chi connectivity index (χ3n) is 1.66. The van der Waals surface area contributed by atoms with Crippen LogP contribution >= 0.6 is 22.6 Å². The number of rotatable bonds is 1. The van der Waals surface area contributed by atoms with Gasteiger partial charge in [-0.05, 0) is 6.42 Å². The van der Waals surface area contributed by atoms with Crippen molar-refractivity contribution in [3.8, 4) is 0 Å². The third kappa shape index (κ3) is 1.53. The van der Waals surface area contributed by atoms with Gasteiger partial charge in [-0.2, -0.15) is 0 Å². The predicted octanol–water partition coefficient (Wildman–Crippen LogP) is 1.14. The van der Waals surface area contributed by atoms with Crippen LogP contribution < -0.4 is 0 Å². The molecule has 1 fully saturated rings. The number of carbonyl (C=O) groups excluding carboxylic acids is 1. The summed E-state index contributed by atoms with van der Waals surface area (Å²) in [7, 11) is 1.85. The normalized spacial score (nSPS) is 20.0. The maximum absolute atomic E-state index is 11.2. The molecular formula is C6H11IN2O. The zero-order chi connectivity index (χ0) is 7.56. The first-order valence-electron chi connectivity index (χ1n) is 3.31. The molecule has 3 nitrogen and oxygen atoms in total. The van der Waals surface area contributed by atoms with Crippen LogP contribution in [0.15, 0.2) is 0 Å². The van der Waals surface area contributed by atoms with E-state index in [1.54, 1.807) is 4.90 Å². The summed E-state index contributed by atoms with van der Waals surface area (Å²) in [5, 5.41) is 0. The van der Waals surface area contributed by atoms with Crippen LogP contribution in [-0.2, 0) is 0 Å². The minimum absolute atomic E-state index is 0.167. The molecule has 0 saturated carbocycles. The maximum Gasteiger partial charge on any atom is 0.320 e. The Balaban J connectivity index is 2.51. The van der Waals surface area contributed by atoms with Crippen molar-refractivity contribution in [3.63, 3.8) is 0 Å². The summed E-state index contributed by atoms with van der Waals surface area (Å²) in [5.74, 6) is 0. The van der Waals surface area contributed by atoms with Crippen molar-refractivity contribution in [2.24, 2.45) is 0 Å². The standard InChI is InChI=1S/C6H11IN2O/c1-8-3-2-4-9(5-7)6(8)10/h2-5H2,1H3. The van der Waals surface area contributed by atoms with E-state index in [-0.39, 0.29) is 6.03 Å². The molecule has 0 unspecified atom stereocenters. The molecule has 1 rings (SSSR count). The van der Waals surface area contributed by atoms with E-state index in [1.165, 1.54) is 0 Å². The Morgan fingerprint density at radius 3 is 2.80 bits per heavy atom. The number of nitrogens with zero attached hydrogens (tertiary/aromatic N) is 2. The van der Waals surface area contributed by atoms with Crippen molar-refractivity contribution in [1.82, 2.24) is 9.80 Å². The minimum Gasteiger partial charge on any atom is -0.328 e. The molecule has 1 heterocycles. The second-order valence-electron chi connectivity index (χ2n) is 2.44. The van der Waals surface area contributed by atoms with Crippen molar-refractivity contribution in [3.05, 3.63) is 0 Å². The lowest BCUT2D eigenvalue weighted by molar-refractivity contribution is 0.152. The van der Waals surface area contributed by atoms with Gasteiger partial charge < -0.3 is 9.80 Å². The van der Waals surface area contributed by atoms with Crippen LogP contribution in [0.3, 0.4) is 0 Å². The molecule has 10 heavy (non-hydrogen) atoms. The molecule has 0 bridgehead atoms. The molecule has 0 N–H and O–H groups in total. The van der Waals surface area contributed by atoms with Crippen LogP contribution in [0.25, 0.3) is 0 Å². The molecule has 1 saturated heterocycles. The highest BCUT2D eigenvalue weighted by Crippen LogP contribution is 2.07. The lowest BCUT2D eigenvalue weighted by atomic mass is 10.3. The summed E-state index contributed by atoms with van der Waals surface area (Å²) in [5.41, 5.74) is 0. The van der Waals surface area contributed by atoms with Gasteiger partial charge in [-0.15, -0.1) is 0 Å². The molecular weight excluding hydrogens is 243 g/mol. The highest BCUT2D eigenvalue weighted by atomic mass is 127. The van der Waals surface area contributed by atoms with E-state index in [2.05, 4.69) is 22.6 Å². The smallest absolute Gasteiger partial charge is 0.320 e. The number of carbonyl (C=O) groups is 1. The molecule has 2 amide bonds. The summed E-state index contributed by atoms with van der Waals surface area (Å²) >= 11 is 2.21. The number of hydrogen-bond acceptors (Lipinski definition) is 1. The summed E-state index contributed by atoms with van der Waals surface area (Å²) in [6.07, 6.45) is 1.10. The van der Waals surface area contributed by atoms with Crippen molar-refractivity contribution in [1.29, 1.82) is 0 Å². The van der Waals surface area contributed by atoms with Gasteiger partial charge in [0.05, 0.1) is 4.55 Å². The van der Waals surface area contributed by atoms with E-state index in [4.69, 9.17) is 0 Å². The van der Waals surface area contributed by atoms with Crippen molar-refractivity contribution >= 4 is 28.6 Å². The molecule has 0 spiro atoms. The SMILES string of the molecule is CN1CCCN(CI)C1=O. The molecule has 0 aromatic rings. The Bertz CT molecular complexity index is 140. The van der Waals surface area contributed by atoms with Crippen molar-refractivity contribution in [2.75, 3.05) is 24.7 Å². The van der Waals surface area contributed by atoms with Crippen LogP contribution in [0.1, 0.15) is 6.42 Å². The monoisotopic (exact) mass is 254 g/mol. The first kappa shape index (κ1) is 8.10. The molecule has 0 aliphatic carbocycles. The van der Waals surface area contributed by atoms with E-state index >= 15 is 0 Å². The number of urea groups is 1. The summed E-state index contributed by atoms with van der Waals surface area (Å²) in [6, 6.07) is 0.167. The lowest BCUT2D eigenvalue weighted by Gasteiger charge is -2.31. The van der Waals surface area contributed by atoms with Gasteiger partial charge in [-0.3, -0.25) is 0 Å². The number of halogens is 1. The Morgan fingerprint density at radius 2 is 2.30 bits per heavy atom. The quantitative estimate of drug-likeness (QED) is 0.391. The zero-order valence-electron chi connectivity index (χ0n) is 6.01. The molecule has 4 heteroatoms. The highest BCUT2D eigenvalue weighted by Gasteiger charge is 2.20. The summed E-state index contributed by atoms with van der Waals surface area (Å²) in [4.78, 5) is 14.8. The van der Waals surface area contributed by atoms with Crippen molar-refractivity contribution in [2.45, 2.75) is 6.42 Å². The number of alkyl halides is 1. The number of hydrogen-bond donors (Lipinski definition) is 0. The van der Waals surface area contributed by atoms with E-state index in [0.717, 1.165) is 24.1 Å². The van der Waals surface area contributed by atoms with E-state index in [9.17, 15) is 4.79 Å². The third-order valence-corrected chi connectivity index (χ3v) is 2.49. The minimum atomic E-state index is 0.167. The molecule has 58 valence electrons. The molecule has 0 atom stereocenters. The Hall–Kier alpha value is -0.0000000000000000555. The second-order valence-corrected chi connectivity index (χ2v) is 3.12. The van der Waals surface area contributed by atoms with Gasteiger partial charge >= 0.3 is 6.03 Å². The van der Waals surface area contributed by atoms with Crippen LogP contribution in [0, 0.1) is 0 Å². The summed E-state index contributed by atoms with van der Waals surface area (Å²) < 4.78 is 0.806. The van der Waals surface area contributed by atoms with Gasteiger partial charge in [0.1, 0.15) is 0 Å². The van der Waals surface area contributed by atoms with Crippen LogP contribution in [0.4, 0.5) is 4.79 Å². The fraction of sp³-hybridized carbons (Fsp3) is 0.833. The van der Waals surface area contributed by atoms with Crippen LogP contribution in [0.2, 0.25) is 0 Å². The molecule has 0 aromatic carbocycles. The fourth-order valence-electron chi connectivity index (χ4n) is 1.04. The van der Waals surface area contributed by atoms with Crippen LogP contribution in [0.5, 0.6) is 0 Å². The van der Waals surface area contributed by atoms with Gasteiger partial charge in [-0.1, -0.05) is 22.6 Å². The Labute approximate surface area is 74.5 Å². The van der Waals surface area contributed by atoms with E-state index < -0.39 is 0 Å². The largest absolute Gasteiger partial charge is 0.328 e. The molecule has 0 radical (unpaired) electrons. The topological polar surface area (TPSA) is 23.6 Å².